The van der Waals surface area contributed by atoms with Gasteiger partial charge >= 0.3 is 5.97 Å². The summed E-state index contributed by atoms with van der Waals surface area (Å²) in [6.45, 7) is 8.42. The predicted octanol–water partition coefficient (Wildman–Crippen LogP) is 3.36. The van der Waals surface area contributed by atoms with E-state index in [2.05, 4.69) is 20.8 Å². The van der Waals surface area contributed by atoms with Gasteiger partial charge in [0.05, 0.1) is 13.5 Å². The number of hydrogen-bond acceptors (Lipinski definition) is 3. The van der Waals surface area contributed by atoms with Gasteiger partial charge < -0.3 is 4.74 Å². The van der Waals surface area contributed by atoms with Gasteiger partial charge in [-0.3, -0.25) is 9.59 Å². The maximum atomic E-state index is 11.9. The van der Waals surface area contributed by atoms with E-state index in [-0.39, 0.29) is 33.9 Å². The van der Waals surface area contributed by atoms with Crippen LogP contribution in [0.1, 0.15) is 59.8 Å². The average molecular weight is 266 g/mol. The Morgan fingerprint density at radius 2 is 1.84 bits per heavy atom. The second kappa shape index (κ2) is 4.32. The highest BCUT2D eigenvalue weighted by Crippen LogP contribution is 2.77. The Kier molecular flexibility index (Phi) is 3.31. The maximum absolute atomic E-state index is 11.9. The highest BCUT2D eigenvalue weighted by atomic mass is 16.5. The molecule has 2 saturated carbocycles. The first kappa shape index (κ1) is 14.5. The second-order valence-corrected chi connectivity index (χ2v) is 7.39. The van der Waals surface area contributed by atoms with Crippen molar-refractivity contribution in [3.8, 4) is 0 Å². The molecule has 0 amide bonds. The lowest BCUT2D eigenvalue weighted by Gasteiger charge is -2.52. The molecule has 0 aromatic heterocycles. The van der Waals surface area contributed by atoms with E-state index in [4.69, 9.17) is 4.74 Å². The van der Waals surface area contributed by atoms with E-state index in [0.717, 1.165) is 25.7 Å². The molecule has 2 fully saturated rings. The molecule has 19 heavy (non-hydrogen) atoms. The summed E-state index contributed by atoms with van der Waals surface area (Å²) in [5.74, 6) is 0.275. The molecule has 0 bridgehead atoms. The molecule has 2 aliphatic carbocycles. The van der Waals surface area contributed by atoms with Crippen molar-refractivity contribution in [1.82, 2.24) is 0 Å². The third kappa shape index (κ3) is 1.93. The van der Waals surface area contributed by atoms with Gasteiger partial charge in [0, 0.05) is 5.92 Å². The van der Waals surface area contributed by atoms with Crippen LogP contribution in [-0.2, 0) is 14.3 Å². The number of esters is 1. The molecule has 0 aliphatic heterocycles. The van der Waals surface area contributed by atoms with Crippen LogP contribution in [0.2, 0.25) is 0 Å². The lowest BCUT2D eigenvalue weighted by Crippen LogP contribution is -2.47. The van der Waals surface area contributed by atoms with Crippen LogP contribution in [0.15, 0.2) is 0 Å². The average Bonchev–Trinajstić information content (AvgIpc) is 3.04. The molecule has 3 nitrogen and oxygen atoms in total. The fraction of sp³-hybridized carbons (Fsp3) is 0.875. The van der Waals surface area contributed by atoms with E-state index in [1.54, 1.807) is 6.92 Å². The molecule has 3 heteroatoms. The molecule has 0 aromatic carbocycles. The molecule has 0 radical (unpaired) electrons. The summed E-state index contributed by atoms with van der Waals surface area (Å²) in [6, 6.07) is 0. The molecule has 1 spiro atoms. The Morgan fingerprint density at radius 3 is 2.32 bits per heavy atom. The Labute approximate surface area is 116 Å². The topological polar surface area (TPSA) is 43.4 Å². The van der Waals surface area contributed by atoms with Crippen LogP contribution in [0.25, 0.3) is 0 Å². The van der Waals surface area contributed by atoms with E-state index < -0.39 is 0 Å². The first-order valence-corrected chi connectivity index (χ1v) is 7.27. The third-order valence-electron chi connectivity index (χ3n) is 6.03. The Bertz CT molecular complexity index is 412. The van der Waals surface area contributed by atoms with Crippen LogP contribution >= 0.6 is 0 Å². The predicted molar refractivity (Wildman–Crippen MR) is 73.6 cm³/mol. The minimum absolute atomic E-state index is 0.00171. The van der Waals surface area contributed by atoms with Crippen molar-refractivity contribution in [2.75, 3.05) is 7.11 Å². The van der Waals surface area contributed by atoms with E-state index >= 15 is 0 Å². The van der Waals surface area contributed by atoms with Gasteiger partial charge in [-0.2, -0.15) is 0 Å². The van der Waals surface area contributed by atoms with Gasteiger partial charge in [0.2, 0.25) is 0 Å². The van der Waals surface area contributed by atoms with Crippen LogP contribution < -0.4 is 0 Å². The zero-order valence-corrected chi connectivity index (χ0v) is 12.8. The minimum Gasteiger partial charge on any atom is -0.469 e. The van der Waals surface area contributed by atoms with Crippen molar-refractivity contribution in [2.45, 2.75) is 59.8 Å². The van der Waals surface area contributed by atoms with Crippen molar-refractivity contribution in [2.24, 2.45) is 22.2 Å². The van der Waals surface area contributed by atoms with Crippen LogP contribution in [0.4, 0.5) is 0 Å². The minimum atomic E-state index is -0.145. The number of rotatable bonds is 3. The summed E-state index contributed by atoms with van der Waals surface area (Å²) in [5, 5.41) is 0. The summed E-state index contributed by atoms with van der Waals surface area (Å²) in [7, 11) is 1.45. The Hall–Kier alpha value is -0.860. The van der Waals surface area contributed by atoms with Crippen molar-refractivity contribution in [3.05, 3.63) is 0 Å². The first-order chi connectivity index (χ1) is 8.70. The lowest BCUT2D eigenvalue weighted by molar-refractivity contribution is -0.149. The smallest absolute Gasteiger partial charge is 0.306 e. The maximum Gasteiger partial charge on any atom is 0.306 e. The number of carbonyl (C=O) groups excluding carboxylic acids is 2. The second-order valence-electron chi connectivity index (χ2n) is 7.39. The molecule has 0 unspecified atom stereocenters. The number of hydrogen-bond donors (Lipinski definition) is 0. The van der Waals surface area contributed by atoms with E-state index in [1.807, 2.05) is 0 Å². The fourth-order valence-corrected chi connectivity index (χ4v) is 4.99. The van der Waals surface area contributed by atoms with E-state index in [0.29, 0.717) is 6.42 Å². The molecule has 2 aliphatic rings. The summed E-state index contributed by atoms with van der Waals surface area (Å²) in [6.07, 6.45) is 4.69. The van der Waals surface area contributed by atoms with E-state index in [1.165, 1.54) is 7.11 Å². The number of Topliss-reactive ketones (excluding diaryl/α,β-unsaturated/α-hetero) is 1. The van der Waals surface area contributed by atoms with Gasteiger partial charge in [-0.1, -0.05) is 27.2 Å². The van der Waals surface area contributed by atoms with Crippen LogP contribution in [0.3, 0.4) is 0 Å². The van der Waals surface area contributed by atoms with Gasteiger partial charge in [-0.05, 0) is 42.4 Å². The molecule has 0 saturated heterocycles. The fourth-order valence-electron chi connectivity index (χ4n) is 4.99. The van der Waals surface area contributed by atoms with Crippen molar-refractivity contribution >= 4 is 11.8 Å². The van der Waals surface area contributed by atoms with Crippen molar-refractivity contribution in [1.29, 1.82) is 0 Å². The summed E-state index contributed by atoms with van der Waals surface area (Å²) < 4.78 is 4.88. The molecule has 0 N–H and O–H groups in total. The number of ether oxygens (including phenoxy) is 1. The summed E-state index contributed by atoms with van der Waals surface area (Å²) in [5.41, 5.74) is 0.0286. The normalized spacial score (nSPS) is 39.9. The van der Waals surface area contributed by atoms with Gasteiger partial charge in [-0.25, -0.2) is 0 Å². The lowest BCUT2D eigenvalue weighted by atomic mass is 9.51. The van der Waals surface area contributed by atoms with Crippen molar-refractivity contribution in [3.63, 3.8) is 0 Å². The summed E-state index contributed by atoms with van der Waals surface area (Å²) in [4.78, 5) is 23.7. The third-order valence-corrected chi connectivity index (χ3v) is 6.03. The van der Waals surface area contributed by atoms with Gasteiger partial charge in [0.15, 0.2) is 0 Å². The van der Waals surface area contributed by atoms with Gasteiger partial charge in [0.1, 0.15) is 5.78 Å². The molecule has 0 aromatic rings. The van der Waals surface area contributed by atoms with Crippen LogP contribution in [0.5, 0.6) is 0 Å². The SMILES string of the molecule is COC(=O)C[C@]1(C)CCCC(C)(C)[C@@]12C[C@H]2C(C)=O. The largest absolute Gasteiger partial charge is 0.469 e. The van der Waals surface area contributed by atoms with Crippen LogP contribution in [-0.4, -0.2) is 18.9 Å². The number of carbonyl (C=O) groups is 2. The number of methoxy groups -OCH3 is 1. The highest BCUT2D eigenvalue weighted by Gasteiger charge is 2.73. The quantitative estimate of drug-likeness (QED) is 0.736. The number of ketones is 1. The highest BCUT2D eigenvalue weighted by molar-refractivity contribution is 5.83. The van der Waals surface area contributed by atoms with Crippen LogP contribution in [0, 0.1) is 22.2 Å². The zero-order chi connectivity index (χ0) is 14.5. The molecule has 3 atom stereocenters. The summed E-state index contributed by atoms with van der Waals surface area (Å²) >= 11 is 0. The zero-order valence-electron chi connectivity index (χ0n) is 12.8. The Morgan fingerprint density at radius 1 is 1.21 bits per heavy atom. The van der Waals surface area contributed by atoms with Gasteiger partial charge in [-0.15, -0.1) is 0 Å². The molecular formula is C16H26O3. The standard InChI is InChI=1S/C16H26O3/c1-11(17)12-9-16(12)14(2,3)7-6-8-15(16,4)10-13(18)19-5/h12H,6-10H2,1-5H3/t12-,15-,16-/m0/s1. The first-order valence-electron chi connectivity index (χ1n) is 7.27. The molecular weight excluding hydrogens is 240 g/mol. The molecule has 2 rings (SSSR count). The Balaban J connectivity index is 2.36. The van der Waals surface area contributed by atoms with Gasteiger partial charge in [0.25, 0.3) is 0 Å². The van der Waals surface area contributed by atoms with E-state index in [9.17, 15) is 9.59 Å². The van der Waals surface area contributed by atoms with Crippen molar-refractivity contribution < 1.29 is 14.3 Å². The monoisotopic (exact) mass is 266 g/mol. The molecule has 108 valence electrons. The molecule has 0 heterocycles.